The van der Waals surface area contributed by atoms with Gasteiger partial charge in [0.05, 0.1) is 6.61 Å². The van der Waals surface area contributed by atoms with E-state index in [1.807, 2.05) is 0 Å². The molecule has 0 saturated carbocycles. The topological polar surface area (TPSA) is 77.9 Å². The summed E-state index contributed by atoms with van der Waals surface area (Å²) >= 11 is 0. The molecule has 0 aromatic rings. The molecule has 2 aliphatic rings. The molecular formula is C10H20N2O4S2. The van der Waals surface area contributed by atoms with Gasteiger partial charge >= 0.3 is 0 Å². The van der Waals surface area contributed by atoms with Crippen molar-refractivity contribution in [2.45, 2.75) is 25.3 Å². The first-order valence-corrected chi connectivity index (χ1v) is 9.17. The molecule has 0 aromatic carbocycles. The molecule has 0 radical (unpaired) electrons. The van der Waals surface area contributed by atoms with Crippen LogP contribution in [0.3, 0.4) is 0 Å². The quantitative estimate of drug-likeness (QED) is 0.735. The molecule has 2 heterocycles. The first-order valence-electron chi connectivity index (χ1n) is 6.28. The molecule has 2 fully saturated rings. The van der Waals surface area contributed by atoms with Crippen LogP contribution >= 0.6 is 0 Å². The smallest absolute Gasteiger partial charge is 0.282 e. The molecule has 2 saturated heterocycles. The van der Waals surface area contributed by atoms with Gasteiger partial charge in [-0.25, -0.2) is 0 Å². The normalized spacial score (nSPS) is 29.5. The van der Waals surface area contributed by atoms with Crippen molar-refractivity contribution in [2.75, 3.05) is 37.7 Å². The zero-order chi connectivity index (χ0) is 13.2. The predicted octanol–water partition coefficient (Wildman–Crippen LogP) is -0.858. The maximum atomic E-state index is 12.5. The fraction of sp³-hybridized carbons (Fsp3) is 1.00. The van der Waals surface area contributed by atoms with Crippen LogP contribution in [0.4, 0.5) is 0 Å². The van der Waals surface area contributed by atoms with Crippen LogP contribution in [0.2, 0.25) is 0 Å². The fourth-order valence-corrected chi connectivity index (χ4v) is 5.59. The summed E-state index contributed by atoms with van der Waals surface area (Å²) in [6.45, 7) is 0.999. The van der Waals surface area contributed by atoms with Gasteiger partial charge in [-0.05, 0) is 12.8 Å². The number of aliphatic hydroxyl groups excluding tert-OH is 1. The third-order valence-electron chi connectivity index (χ3n) is 3.54. The van der Waals surface area contributed by atoms with E-state index in [0.717, 1.165) is 19.3 Å². The zero-order valence-corrected chi connectivity index (χ0v) is 12.0. The minimum Gasteiger partial charge on any atom is -0.395 e. The Balaban J connectivity index is 2.11. The molecule has 0 aromatic heterocycles. The third-order valence-corrected chi connectivity index (χ3v) is 6.91. The second kappa shape index (κ2) is 5.96. The van der Waals surface area contributed by atoms with Gasteiger partial charge in [-0.1, -0.05) is 6.42 Å². The van der Waals surface area contributed by atoms with Crippen LogP contribution in [-0.4, -0.2) is 70.1 Å². The molecule has 1 atom stereocenters. The van der Waals surface area contributed by atoms with Gasteiger partial charge < -0.3 is 5.11 Å². The van der Waals surface area contributed by atoms with Gasteiger partial charge in [-0.3, -0.25) is 4.21 Å². The lowest BCUT2D eigenvalue weighted by Gasteiger charge is -2.38. The van der Waals surface area contributed by atoms with E-state index in [0.29, 0.717) is 31.1 Å². The average molecular weight is 296 g/mol. The van der Waals surface area contributed by atoms with Crippen LogP contribution in [0, 0.1) is 0 Å². The van der Waals surface area contributed by atoms with Gasteiger partial charge in [0.1, 0.15) is 0 Å². The van der Waals surface area contributed by atoms with Crippen LogP contribution in [0.1, 0.15) is 19.3 Å². The maximum absolute atomic E-state index is 12.5. The second-order valence-electron chi connectivity index (χ2n) is 4.70. The van der Waals surface area contributed by atoms with Crippen molar-refractivity contribution in [3.8, 4) is 0 Å². The number of hydrogen-bond acceptors (Lipinski definition) is 4. The van der Waals surface area contributed by atoms with Gasteiger partial charge in [0.25, 0.3) is 10.2 Å². The van der Waals surface area contributed by atoms with E-state index in [2.05, 4.69) is 0 Å². The molecule has 2 rings (SSSR count). The van der Waals surface area contributed by atoms with Crippen molar-refractivity contribution in [3.63, 3.8) is 0 Å². The highest BCUT2D eigenvalue weighted by Gasteiger charge is 2.37. The molecule has 0 aliphatic carbocycles. The number of piperidine rings is 1. The van der Waals surface area contributed by atoms with Gasteiger partial charge in [0.15, 0.2) is 0 Å². The van der Waals surface area contributed by atoms with Crippen LogP contribution in [0.15, 0.2) is 0 Å². The summed E-state index contributed by atoms with van der Waals surface area (Å²) in [5, 5.41) is 9.29. The standard InChI is InChI=1S/C10H20N2O4S2/c13-9-10-3-1-2-4-12(10)18(15,16)11-5-7-17(14)8-6-11/h10,13H,1-9H2. The Morgan fingerprint density at radius 2 is 1.83 bits per heavy atom. The fourth-order valence-electron chi connectivity index (χ4n) is 2.46. The van der Waals surface area contributed by atoms with Gasteiger partial charge in [0, 0.05) is 48.0 Å². The highest BCUT2D eigenvalue weighted by molar-refractivity contribution is 7.87. The van der Waals surface area contributed by atoms with E-state index in [1.54, 1.807) is 0 Å². The van der Waals surface area contributed by atoms with E-state index in [9.17, 15) is 17.7 Å². The lowest BCUT2D eigenvalue weighted by Crippen LogP contribution is -2.54. The van der Waals surface area contributed by atoms with Crippen molar-refractivity contribution >= 4 is 21.0 Å². The molecule has 0 bridgehead atoms. The van der Waals surface area contributed by atoms with E-state index < -0.39 is 21.0 Å². The Kier molecular flexibility index (Phi) is 4.76. The Morgan fingerprint density at radius 1 is 1.17 bits per heavy atom. The molecule has 8 heteroatoms. The van der Waals surface area contributed by atoms with Crippen molar-refractivity contribution in [3.05, 3.63) is 0 Å². The maximum Gasteiger partial charge on any atom is 0.282 e. The number of rotatable bonds is 3. The Bertz CT molecular complexity index is 402. The molecule has 0 amide bonds. The minimum atomic E-state index is -3.50. The summed E-state index contributed by atoms with van der Waals surface area (Å²) in [4.78, 5) is 0. The SMILES string of the molecule is O=S1CCN(S(=O)(=O)N2CCCCC2CO)CC1. The third kappa shape index (κ3) is 2.93. The van der Waals surface area contributed by atoms with Crippen LogP contribution < -0.4 is 0 Å². The highest BCUT2D eigenvalue weighted by atomic mass is 32.2. The number of aliphatic hydroxyl groups is 1. The van der Waals surface area contributed by atoms with Gasteiger partial charge in [-0.15, -0.1) is 0 Å². The highest BCUT2D eigenvalue weighted by Crippen LogP contribution is 2.23. The van der Waals surface area contributed by atoms with Gasteiger partial charge in [0.2, 0.25) is 0 Å². The summed E-state index contributed by atoms with van der Waals surface area (Å²) in [5.41, 5.74) is 0. The van der Waals surface area contributed by atoms with E-state index in [1.165, 1.54) is 8.61 Å². The van der Waals surface area contributed by atoms with E-state index >= 15 is 0 Å². The minimum absolute atomic E-state index is 0.126. The summed E-state index contributed by atoms with van der Waals surface area (Å²) in [7, 11) is -4.38. The van der Waals surface area contributed by atoms with Crippen molar-refractivity contribution in [1.82, 2.24) is 8.61 Å². The van der Waals surface area contributed by atoms with Gasteiger partial charge in [-0.2, -0.15) is 17.0 Å². The largest absolute Gasteiger partial charge is 0.395 e. The van der Waals surface area contributed by atoms with Crippen LogP contribution in [0.25, 0.3) is 0 Å². The Hall–Kier alpha value is -0.0200. The molecule has 0 spiro atoms. The lowest BCUT2D eigenvalue weighted by molar-refractivity contribution is 0.148. The van der Waals surface area contributed by atoms with Crippen LogP contribution in [0.5, 0.6) is 0 Å². The lowest BCUT2D eigenvalue weighted by atomic mass is 10.1. The molecule has 1 N–H and O–H groups in total. The van der Waals surface area contributed by atoms with Crippen molar-refractivity contribution < 1.29 is 17.7 Å². The molecule has 1 unspecified atom stereocenters. The molecule has 2 aliphatic heterocycles. The number of nitrogens with zero attached hydrogens (tertiary/aromatic N) is 2. The molecular weight excluding hydrogens is 276 g/mol. The summed E-state index contributed by atoms with van der Waals surface area (Å²) in [6, 6.07) is -0.295. The van der Waals surface area contributed by atoms with E-state index in [-0.39, 0.29) is 12.6 Å². The molecule has 6 nitrogen and oxygen atoms in total. The van der Waals surface area contributed by atoms with Crippen LogP contribution in [-0.2, 0) is 21.0 Å². The zero-order valence-electron chi connectivity index (χ0n) is 10.3. The van der Waals surface area contributed by atoms with Crippen molar-refractivity contribution in [2.24, 2.45) is 0 Å². The summed E-state index contributed by atoms with van der Waals surface area (Å²) in [5.74, 6) is 0.827. The Morgan fingerprint density at radius 3 is 2.44 bits per heavy atom. The molecule has 106 valence electrons. The number of hydrogen-bond donors (Lipinski definition) is 1. The first kappa shape index (κ1) is 14.4. The summed E-state index contributed by atoms with van der Waals surface area (Å²) < 4.78 is 39.0. The summed E-state index contributed by atoms with van der Waals surface area (Å²) in [6.07, 6.45) is 2.52. The monoisotopic (exact) mass is 296 g/mol. The first-order chi connectivity index (χ1) is 8.55. The van der Waals surface area contributed by atoms with Crippen molar-refractivity contribution in [1.29, 1.82) is 0 Å². The average Bonchev–Trinajstić information content (AvgIpc) is 2.39. The predicted molar refractivity (Wildman–Crippen MR) is 69.8 cm³/mol. The Labute approximate surface area is 111 Å². The molecule has 18 heavy (non-hydrogen) atoms. The van der Waals surface area contributed by atoms with E-state index in [4.69, 9.17) is 0 Å². The second-order valence-corrected chi connectivity index (χ2v) is 8.28.